The van der Waals surface area contributed by atoms with E-state index in [0.29, 0.717) is 11.4 Å². The first-order valence-electron chi connectivity index (χ1n) is 5.71. The predicted molar refractivity (Wildman–Crippen MR) is 72.9 cm³/mol. The summed E-state index contributed by atoms with van der Waals surface area (Å²) >= 11 is 0. The van der Waals surface area contributed by atoms with Crippen LogP contribution >= 0.6 is 0 Å². The van der Waals surface area contributed by atoms with Crippen LogP contribution in [-0.4, -0.2) is 34.1 Å². The van der Waals surface area contributed by atoms with Crippen LogP contribution < -0.4 is 10.2 Å². The summed E-state index contributed by atoms with van der Waals surface area (Å²) in [5.41, 5.74) is 0.935. The van der Waals surface area contributed by atoms with Crippen LogP contribution in [0.15, 0.2) is 43.0 Å². The van der Waals surface area contributed by atoms with E-state index in [1.165, 1.54) is 23.4 Å². The number of nitrogens with zero attached hydrogens (tertiary/aromatic N) is 3. The number of aromatic nitrogens is 2. The van der Waals surface area contributed by atoms with Crippen molar-refractivity contribution in [2.45, 2.75) is 0 Å². The molecule has 0 fully saturated rings. The number of anilines is 2. The van der Waals surface area contributed by atoms with E-state index in [1.807, 2.05) is 0 Å². The molecule has 0 saturated heterocycles. The molecule has 20 heavy (non-hydrogen) atoms. The van der Waals surface area contributed by atoms with Crippen molar-refractivity contribution in [2.75, 3.05) is 17.3 Å². The first kappa shape index (κ1) is 13.5. The Balaban J connectivity index is 2.12. The van der Waals surface area contributed by atoms with Gasteiger partial charge in [0.2, 0.25) is 0 Å². The number of urea groups is 1. The molecule has 2 amide bonds. The average Bonchev–Trinajstić information content (AvgIpc) is 2.47. The Labute approximate surface area is 114 Å². The third-order valence-corrected chi connectivity index (χ3v) is 2.57. The monoisotopic (exact) mass is 272 g/mol. The minimum absolute atomic E-state index is 0.00632. The lowest BCUT2D eigenvalue weighted by Gasteiger charge is -2.17. The van der Waals surface area contributed by atoms with E-state index in [9.17, 15) is 9.59 Å². The summed E-state index contributed by atoms with van der Waals surface area (Å²) in [4.78, 5) is 31.9. The number of carboxylic acids is 1. The SMILES string of the molecule is CN(C(=O)Nc1cncc(C(=O)O)c1)c1cccnc1. The summed E-state index contributed by atoms with van der Waals surface area (Å²) in [5.74, 6) is -1.10. The van der Waals surface area contributed by atoms with Crippen LogP contribution in [0.1, 0.15) is 10.4 Å². The molecule has 0 aliphatic carbocycles. The highest BCUT2D eigenvalue weighted by Gasteiger charge is 2.12. The number of carboxylic acid groups (broad SMARTS) is 1. The predicted octanol–water partition coefficient (Wildman–Crippen LogP) is 1.84. The van der Waals surface area contributed by atoms with Crippen molar-refractivity contribution in [3.8, 4) is 0 Å². The van der Waals surface area contributed by atoms with Gasteiger partial charge in [0.05, 0.1) is 29.3 Å². The third kappa shape index (κ3) is 3.08. The molecule has 0 aliphatic heterocycles. The van der Waals surface area contributed by atoms with Crippen molar-refractivity contribution in [3.05, 3.63) is 48.5 Å². The molecular formula is C13H12N4O3. The highest BCUT2D eigenvalue weighted by molar-refractivity contribution is 6.01. The van der Waals surface area contributed by atoms with Gasteiger partial charge in [-0.25, -0.2) is 9.59 Å². The number of hydrogen-bond donors (Lipinski definition) is 2. The molecule has 2 aromatic heterocycles. The maximum atomic E-state index is 12.0. The molecule has 2 N–H and O–H groups in total. The standard InChI is InChI=1S/C13H12N4O3/c1-17(11-3-2-4-14-8-11)13(20)16-10-5-9(12(18)19)6-15-7-10/h2-8H,1H3,(H,16,20)(H,18,19). The van der Waals surface area contributed by atoms with Crippen LogP contribution in [-0.2, 0) is 0 Å². The Kier molecular flexibility index (Phi) is 3.90. The summed E-state index contributed by atoms with van der Waals surface area (Å²) in [6, 6.07) is 4.37. The van der Waals surface area contributed by atoms with Gasteiger partial charge in [-0.1, -0.05) is 0 Å². The molecule has 0 radical (unpaired) electrons. The minimum Gasteiger partial charge on any atom is -0.478 e. The van der Waals surface area contributed by atoms with Gasteiger partial charge in [-0.05, 0) is 18.2 Å². The molecule has 0 saturated carbocycles. The van der Waals surface area contributed by atoms with E-state index in [1.54, 1.807) is 31.6 Å². The molecule has 0 bridgehead atoms. The topological polar surface area (TPSA) is 95.4 Å². The first-order valence-corrected chi connectivity index (χ1v) is 5.71. The van der Waals surface area contributed by atoms with E-state index >= 15 is 0 Å². The van der Waals surface area contributed by atoms with Gasteiger partial charge in [0.1, 0.15) is 0 Å². The molecular weight excluding hydrogens is 260 g/mol. The Morgan fingerprint density at radius 2 is 2.05 bits per heavy atom. The van der Waals surface area contributed by atoms with Gasteiger partial charge in [-0.2, -0.15) is 0 Å². The van der Waals surface area contributed by atoms with E-state index < -0.39 is 12.0 Å². The zero-order valence-electron chi connectivity index (χ0n) is 10.6. The molecule has 2 heterocycles. The largest absolute Gasteiger partial charge is 0.478 e. The second kappa shape index (κ2) is 5.79. The minimum atomic E-state index is -1.10. The molecule has 2 aromatic rings. The molecule has 102 valence electrons. The summed E-state index contributed by atoms with van der Waals surface area (Å²) < 4.78 is 0. The van der Waals surface area contributed by atoms with Crippen LogP contribution in [0.2, 0.25) is 0 Å². The molecule has 7 heteroatoms. The van der Waals surface area contributed by atoms with Crippen molar-refractivity contribution in [1.82, 2.24) is 9.97 Å². The fourth-order valence-corrected chi connectivity index (χ4v) is 1.50. The molecule has 7 nitrogen and oxygen atoms in total. The average molecular weight is 272 g/mol. The Morgan fingerprint density at radius 3 is 2.70 bits per heavy atom. The zero-order valence-corrected chi connectivity index (χ0v) is 10.6. The zero-order chi connectivity index (χ0) is 14.5. The number of pyridine rings is 2. The smallest absolute Gasteiger partial charge is 0.337 e. The molecule has 0 unspecified atom stereocenters. The number of rotatable bonds is 3. The second-order valence-corrected chi connectivity index (χ2v) is 3.97. The number of aromatic carboxylic acids is 1. The molecule has 0 aliphatic rings. The fraction of sp³-hybridized carbons (Fsp3) is 0.0769. The van der Waals surface area contributed by atoms with Crippen molar-refractivity contribution in [2.24, 2.45) is 0 Å². The normalized spacial score (nSPS) is 9.85. The molecule has 2 rings (SSSR count). The van der Waals surface area contributed by atoms with Crippen LogP contribution in [0.25, 0.3) is 0 Å². The summed E-state index contributed by atoms with van der Waals surface area (Å²) in [5, 5.41) is 11.4. The highest BCUT2D eigenvalue weighted by Crippen LogP contribution is 2.13. The maximum absolute atomic E-state index is 12.0. The number of carbonyl (C=O) groups is 2. The lowest BCUT2D eigenvalue weighted by atomic mass is 10.2. The van der Waals surface area contributed by atoms with Gasteiger partial charge in [-0.3, -0.25) is 14.9 Å². The Bertz CT molecular complexity index is 631. The fourth-order valence-electron chi connectivity index (χ4n) is 1.50. The van der Waals surface area contributed by atoms with Gasteiger partial charge >= 0.3 is 12.0 Å². The van der Waals surface area contributed by atoms with Crippen LogP contribution in [0, 0.1) is 0 Å². The summed E-state index contributed by atoms with van der Waals surface area (Å²) in [7, 11) is 1.58. The number of nitrogens with one attached hydrogen (secondary N) is 1. The van der Waals surface area contributed by atoms with Crippen molar-refractivity contribution >= 4 is 23.4 Å². The summed E-state index contributed by atoms with van der Waals surface area (Å²) in [6.45, 7) is 0. The third-order valence-electron chi connectivity index (χ3n) is 2.57. The van der Waals surface area contributed by atoms with Crippen LogP contribution in [0.4, 0.5) is 16.2 Å². The van der Waals surface area contributed by atoms with Gasteiger partial charge in [0.25, 0.3) is 0 Å². The highest BCUT2D eigenvalue weighted by atomic mass is 16.4. The van der Waals surface area contributed by atoms with Crippen molar-refractivity contribution < 1.29 is 14.7 Å². The van der Waals surface area contributed by atoms with E-state index in [0.717, 1.165) is 0 Å². The molecule has 0 aromatic carbocycles. The second-order valence-electron chi connectivity index (χ2n) is 3.97. The lowest BCUT2D eigenvalue weighted by Crippen LogP contribution is -2.31. The van der Waals surface area contributed by atoms with Crippen molar-refractivity contribution in [3.63, 3.8) is 0 Å². The first-order chi connectivity index (χ1) is 9.58. The van der Waals surface area contributed by atoms with Crippen LogP contribution in [0.5, 0.6) is 0 Å². The summed E-state index contributed by atoms with van der Waals surface area (Å²) in [6.07, 6.45) is 5.74. The Morgan fingerprint density at radius 1 is 1.25 bits per heavy atom. The quantitative estimate of drug-likeness (QED) is 0.888. The number of carbonyl (C=O) groups excluding carboxylic acids is 1. The number of hydrogen-bond acceptors (Lipinski definition) is 4. The van der Waals surface area contributed by atoms with E-state index in [-0.39, 0.29) is 5.56 Å². The van der Waals surface area contributed by atoms with Crippen molar-refractivity contribution in [1.29, 1.82) is 0 Å². The lowest BCUT2D eigenvalue weighted by molar-refractivity contribution is 0.0696. The molecule has 0 atom stereocenters. The van der Waals surface area contributed by atoms with E-state index in [2.05, 4.69) is 15.3 Å². The van der Waals surface area contributed by atoms with Gasteiger partial charge < -0.3 is 10.4 Å². The molecule has 0 spiro atoms. The van der Waals surface area contributed by atoms with Gasteiger partial charge in [-0.15, -0.1) is 0 Å². The van der Waals surface area contributed by atoms with Gasteiger partial charge in [0, 0.05) is 19.4 Å². The van der Waals surface area contributed by atoms with Gasteiger partial charge in [0.15, 0.2) is 0 Å². The number of amides is 2. The van der Waals surface area contributed by atoms with E-state index in [4.69, 9.17) is 5.11 Å². The van der Waals surface area contributed by atoms with Crippen LogP contribution in [0.3, 0.4) is 0 Å². The maximum Gasteiger partial charge on any atom is 0.337 e. The Hall–Kier alpha value is -2.96.